The van der Waals surface area contributed by atoms with Crippen molar-refractivity contribution in [2.24, 2.45) is 5.92 Å². The van der Waals surface area contributed by atoms with Crippen LogP contribution in [0.25, 0.3) is 0 Å². The number of oxazole rings is 1. The van der Waals surface area contributed by atoms with E-state index in [0.29, 0.717) is 48.8 Å². The van der Waals surface area contributed by atoms with Crippen molar-refractivity contribution in [2.75, 3.05) is 51.3 Å². The minimum absolute atomic E-state index is 0.244. The minimum atomic E-state index is -0.473. The number of ether oxygens (including phenoxy) is 1. The second-order valence-corrected chi connectivity index (χ2v) is 8.69. The highest BCUT2D eigenvalue weighted by Crippen LogP contribution is 2.15. The van der Waals surface area contributed by atoms with E-state index in [1.807, 2.05) is 0 Å². The monoisotopic (exact) mass is 450 g/mol. The van der Waals surface area contributed by atoms with E-state index in [-0.39, 0.29) is 11.6 Å². The quantitative estimate of drug-likeness (QED) is 0.575. The number of aliphatic hydroxyl groups excluding tert-OH is 1. The average Bonchev–Trinajstić information content (AvgIpc) is 3.19. The molecule has 1 aromatic heterocycles. The maximum atomic E-state index is 12.3. The first-order chi connectivity index (χ1) is 14.9. The predicted molar refractivity (Wildman–Crippen MR) is 119 cm³/mol. The summed E-state index contributed by atoms with van der Waals surface area (Å²) in [5.41, 5.74) is 0.889. The van der Waals surface area contributed by atoms with Gasteiger partial charge in [-0.2, -0.15) is 0 Å². The number of benzene rings is 1. The molecule has 1 aromatic carbocycles. The lowest BCUT2D eigenvalue weighted by molar-refractivity contribution is -0.000850. The van der Waals surface area contributed by atoms with Crippen molar-refractivity contribution < 1.29 is 19.1 Å². The Morgan fingerprint density at radius 1 is 1.19 bits per heavy atom. The zero-order valence-electron chi connectivity index (χ0n) is 18.1. The van der Waals surface area contributed by atoms with Gasteiger partial charge in [0.25, 0.3) is 5.91 Å². The number of aliphatic hydroxyl groups is 1. The Labute approximate surface area is 188 Å². The van der Waals surface area contributed by atoms with Gasteiger partial charge in [-0.25, -0.2) is 4.98 Å². The number of nitrogens with one attached hydrogen (secondary N) is 1. The number of anilines is 1. The Balaban J connectivity index is 1.39. The van der Waals surface area contributed by atoms with Crippen molar-refractivity contribution in [1.29, 1.82) is 0 Å². The summed E-state index contributed by atoms with van der Waals surface area (Å²) in [5, 5.41) is 13.5. The van der Waals surface area contributed by atoms with Crippen molar-refractivity contribution in [3.05, 3.63) is 47.1 Å². The Bertz CT molecular complexity index is 819. The average molecular weight is 451 g/mol. The summed E-state index contributed by atoms with van der Waals surface area (Å²) in [4.78, 5) is 21.1. The van der Waals surface area contributed by atoms with E-state index in [2.05, 4.69) is 33.9 Å². The van der Waals surface area contributed by atoms with Crippen LogP contribution < -0.4 is 5.32 Å². The molecule has 1 amide bonds. The first-order valence-electron chi connectivity index (χ1n) is 10.6. The largest absolute Gasteiger partial charge is 0.447 e. The summed E-state index contributed by atoms with van der Waals surface area (Å²) in [5.74, 6) is 0.655. The highest BCUT2D eigenvalue weighted by Gasteiger charge is 2.21. The van der Waals surface area contributed by atoms with Crippen LogP contribution in [-0.4, -0.2) is 77.8 Å². The van der Waals surface area contributed by atoms with Crippen LogP contribution in [0.3, 0.4) is 0 Å². The lowest BCUT2D eigenvalue weighted by Crippen LogP contribution is -2.48. The number of piperazine rings is 1. The molecule has 0 aliphatic carbocycles. The molecular formula is C22H31ClN4O4. The van der Waals surface area contributed by atoms with E-state index >= 15 is 0 Å². The second kappa shape index (κ2) is 11.6. The van der Waals surface area contributed by atoms with E-state index in [1.165, 1.54) is 6.26 Å². The molecule has 1 aliphatic heterocycles. The van der Waals surface area contributed by atoms with Crippen LogP contribution in [-0.2, 0) is 11.3 Å². The number of amides is 1. The molecule has 2 N–H and O–H groups in total. The van der Waals surface area contributed by atoms with Gasteiger partial charge in [0.2, 0.25) is 5.89 Å². The van der Waals surface area contributed by atoms with Gasteiger partial charge in [-0.05, 0) is 30.2 Å². The molecule has 0 radical (unpaired) electrons. The van der Waals surface area contributed by atoms with E-state index in [9.17, 15) is 9.90 Å². The smallest absolute Gasteiger partial charge is 0.277 e. The lowest BCUT2D eigenvalue weighted by Gasteiger charge is -2.34. The van der Waals surface area contributed by atoms with Crippen molar-refractivity contribution in [3.8, 4) is 0 Å². The Hall–Kier alpha value is -1.97. The van der Waals surface area contributed by atoms with Gasteiger partial charge >= 0.3 is 0 Å². The number of halogens is 1. The van der Waals surface area contributed by atoms with Crippen molar-refractivity contribution >= 4 is 23.2 Å². The van der Waals surface area contributed by atoms with E-state index < -0.39 is 6.10 Å². The third-order valence-electron chi connectivity index (χ3n) is 4.94. The van der Waals surface area contributed by atoms with E-state index in [0.717, 1.165) is 26.2 Å². The first-order valence-corrected chi connectivity index (χ1v) is 11.0. The van der Waals surface area contributed by atoms with Gasteiger partial charge in [-0.15, -0.1) is 0 Å². The summed E-state index contributed by atoms with van der Waals surface area (Å²) in [7, 11) is 0. The third kappa shape index (κ3) is 7.90. The van der Waals surface area contributed by atoms with Crippen LogP contribution in [0.4, 0.5) is 5.69 Å². The number of nitrogens with zero attached hydrogens (tertiary/aromatic N) is 3. The first kappa shape index (κ1) is 23.7. The zero-order chi connectivity index (χ0) is 22.2. The van der Waals surface area contributed by atoms with Gasteiger partial charge in [0.05, 0.1) is 19.3 Å². The molecule has 1 saturated heterocycles. The zero-order valence-corrected chi connectivity index (χ0v) is 18.8. The van der Waals surface area contributed by atoms with Gasteiger partial charge in [0.15, 0.2) is 5.69 Å². The standard InChI is InChI=1S/C22H31ClN4O4/c1-16(2)13-30-14-19(28)11-26-7-9-27(10-8-26)12-21-25-20(15-31-21)22(29)24-18-5-3-17(23)4-6-18/h3-6,15-16,19,28H,7-14H2,1-2H3,(H,24,29)/t19-/m1/s1. The highest BCUT2D eigenvalue weighted by molar-refractivity contribution is 6.30. The van der Waals surface area contributed by atoms with Crippen molar-refractivity contribution in [2.45, 2.75) is 26.5 Å². The van der Waals surface area contributed by atoms with Crippen LogP contribution in [0, 0.1) is 5.92 Å². The summed E-state index contributed by atoms with van der Waals surface area (Å²) in [6.45, 7) is 9.77. The molecule has 1 aliphatic rings. The SMILES string of the molecule is CC(C)COC[C@H](O)CN1CCN(Cc2nc(C(=O)Nc3ccc(Cl)cc3)co2)CC1. The Kier molecular flexibility index (Phi) is 8.86. The van der Waals surface area contributed by atoms with Crippen LogP contribution in [0.1, 0.15) is 30.2 Å². The van der Waals surface area contributed by atoms with Crippen LogP contribution >= 0.6 is 11.6 Å². The molecule has 2 heterocycles. The molecule has 1 atom stereocenters. The number of carbonyl (C=O) groups is 1. The van der Waals surface area contributed by atoms with Crippen LogP contribution in [0.5, 0.6) is 0 Å². The van der Waals surface area contributed by atoms with Gasteiger partial charge in [-0.1, -0.05) is 25.4 Å². The summed E-state index contributed by atoms with van der Waals surface area (Å²) < 4.78 is 11.0. The number of aromatic nitrogens is 1. The van der Waals surface area contributed by atoms with Crippen molar-refractivity contribution in [3.63, 3.8) is 0 Å². The summed E-state index contributed by atoms with van der Waals surface area (Å²) >= 11 is 5.86. The molecule has 31 heavy (non-hydrogen) atoms. The van der Waals surface area contributed by atoms with Gasteiger partial charge in [-0.3, -0.25) is 14.6 Å². The molecule has 0 bridgehead atoms. The molecule has 1 fully saturated rings. The topological polar surface area (TPSA) is 91.1 Å². The van der Waals surface area contributed by atoms with Gasteiger partial charge in [0.1, 0.15) is 6.26 Å². The number of rotatable bonds is 10. The molecule has 3 rings (SSSR count). The molecule has 2 aromatic rings. The van der Waals surface area contributed by atoms with E-state index in [1.54, 1.807) is 24.3 Å². The third-order valence-corrected chi connectivity index (χ3v) is 5.19. The fourth-order valence-electron chi connectivity index (χ4n) is 3.33. The summed E-state index contributed by atoms with van der Waals surface area (Å²) in [6.07, 6.45) is 0.906. The van der Waals surface area contributed by atoms with Crippen molar-refractivity contribution in [1.82, 2.24) is 14.8 Å². The number of hydrogen-bond donors (Lipinski definition) is 2. The van der Waals surface area contributed by atoms with E-state index in [4.69, 9.17) is 20.8 Å². The predicted octanol–water partition coefficient (Wildman–Crippen LogP) is 2.73. The number of carbonyl (C=O) groups excluding carboxylic acids is 1. The molecule has 0 unspecified atom stereocenters. The fourth-order valence-corrected chi connectivity index (χ4v) is 3.45. The highest BCUT2D eigenvalue weighted by atomic mass is 35.5. The van der Waals surface area contributed by atoms with Gasteiger partial charge in [0, 0.05) is 50.0 Å². The molecule has 0 spiro atoms. The molecule has 170 valence electrons. The van der Waals surface area contributed by atoms with Crippen LogP contribution in [0.2, 0.25) is 5.02 Å². The molecule has 9 heteroatoms. The van der Waals surface area contributed by atoms with Crippen LogP contribution in [0.15, 0.2) is 34.9 Å². The normalized spacial score (nSPS) is 16.5. The lowest BCUT2D eigenvalue weighted by atomic mass is 10.2. The maximum absolute atomic E-state index is 12.3. The Morgan fingerprint density at radius 3 is 2.55 bits per heavy atom. The Morgan fingerprint density at radius 2 is 1.87 bits per heavy atom. The van der Waals surface area contributed by atoms with Gasteiger partial charge < -0.3 is 19.6 Å². The fraction of sp³-hybridized carbons (Fsp3) is 0.545. The molecule has 8 nitrogen and oxygen atoms in total. The molecule has 0 saturated carbocycles. The molecular weight excluding hydrogens is 420 g/mol. The second-order valence-electron chi connectivity index (χ2n) is 8.25. The number of hydrogen-bond acceptors (Lipinski definition) is 7. The summed E-state index contributed by atoms with van der Waals surface area (Å²) in [6, 6.07) is 6.88. The maximum Gasteiger partial charge on any atom is 0.277 e. The number of β-amino-alcohol motifs (C(OH)–C–C–N with tert-alkyl or cyclic N) is 1. The minimum Gasteiger partial charge on any atom is -0.447 e.